The maximum absolute atomic E-state index is 5.93. The molecule has 0 fully saturated rings. The molecule has 0 saturated carbocycles. The first-order chi connectivity index (χ1) is 16.8. The zero-order valence-electron chi connectivity index (χ0n) is 19.6. The molecule has 0 aromatic heterocycles. The predicted molar refractivity (Wildman–Crippen MR) is 139 cm³/mol. The number of hydrogen-bond donors (Lipinski definition) is 0. The van der Waals surface area contributed by atoms with Gasteiger partial charge in [0.25, 0.3) is 0 Å². The molecule has 1 aliphatic rings. The molecule has 34 heavy (non-hydrogen) atoms. The first-order valence-corrected chi connectivity index (χ1v) is 11.8. The molecule has 0 amide bonds. The summed E-state index contributed by atoms with van der Waals surface area (Å²) in [6.07, 6.45) is 0.909. The van der Waals surface area contributed by atoms with Crippen molar-refractivity contribution in [2.75, 3.05) is 29.8 Å². The quantitative estimate of drug-likeness (QED) is 0.286. The van der Waals surface area contributed by atoms with Crippen LogP contribution >= 0.6 is 0 Å². The van der Waals surface area contributed by atoms with Gasteiger partial charge in [-0.1, -0.05) is 60.7 Å². The van der Waals surface area contributed by atoms with E-state index in [4.69, 9.17) is 9.47 Å². The topological polar surface area (TPSA) is 24.9 Å². The highest BCUT2D eigenvalue weighted by molar-refractivity contribution is 5.52. The highest BCUT2D eigenvalue weighted by atomic mass is 16.5. The van der Waals surface area contributed by atoms with Gasteiger partial charge in [-0.2, -0.15) is 0 Å². The van der Waals surface area contributed by atoms with E-state index >= 15 is 0 Å². The van der Waals surface area contributed by atoms with E-state index in [-0.39, 0.29) is 0 Å². The van der Waals surface area contributed by atoms with Crippen LogP contribution in [0.25, 0.3) is 0 Å². The van der Waals surface area contributed by atoms with E-state index in [0.717, 1.165) is 31.0 Å². The Morgan fingerprint density at radius 1 is 0.794 bits per heavy atom. The van der Waals surface area contributed by atoms with E-state index in [0.29, 0.717) is 13.5 Å². The molecule has 4 nitrogen and oxygen atoms in total. The number of fused-ring (bicyclic) bond motifs is 1. The lowest BCUT2D eigenvalue weighted by Gasteiger charge is -2.30. The lowest BCUT2D eigenvalue weighted by atomic mass is 10.0. The molecule has 4 aromatic rings. The van der Waals surface area contributed by atoms with Crippen LogP contribution < -0.4 is 19.3 Å². The van der Waals surface area contributed by atoms with Crippen LogP contribution in [0, 0.1) is 0 Å². The summed E-state index contributed by atoms with van der Waals surface area (Å²) in [6.45, 7) is 5.03. The predicted octanol–water partition coefficient (Wildman–Crippen LogP) is 6.50. The van der Waals surface area contributed by atoms with Crippen LogP contribution in [0.3, 0.4) is 0 Å². The van der Waals surface area contributed by atoms with Gasteiger partial charge in [0.15, 0.2) is 13.5 Å². The molecule has 4 heteroatoms. The maximum atomic E-state index is 5.93. The lowest BCUT2D eigenvalue weighted by Crippen LogP contribution is -2.31. The standard InChI is InChI=1S/C30H30N2O2/c1-2-31(22-33-29-9-4-3-5-10-29)27-16-12-24(13-17-27)20-25-14-18-28(19-15-25)32-21-26-8-6-7-11-30(26)34-23-32/h3-19H,2,20-23H2,1H3. The maximum Gasteiger partial charge on any atom is 0.161 e. The highest BCUT2D eigenvalue weighted by Gasteiger charge is 2.17. The van der Waals surface area contributed by atoms with Crippen molar-refractivity contribution in [3.8, 4) is 11.5 Å². The number of nitrogens with zero attached hydrogens (tertiary/aromatic N) is 2. The van der Waals surface area contributed by atoms with Gasteiger partial charge in [0.1, 0.15) is 11.5 Å². The number of para-hydroxylation sites is 2. The molecule has 0 aliphatic carbocycles. The summed E-state index contributed by atoms with van der Waals surface area (Å²) in [7, 11) is 0. The van der Waals surface area contributed by atoms with Gasteiger partial charge in [0.05, 0.1) is 0 Å². The van der Waals surface area contributed by atoms with Crippen molar-refractivity contribution in [2.24, 2.45) is 0 Å². The van der Waals surface area contributed by atoms with Gasteiger partial charge in [-0.15, -0.1) is 0 Å². The second-order valence-electron chi connectivity index (χ2n) is 8.53. The van der Waals surface area contributed by atoms with Gasteiger partial charge >= 0.3 is 0 Å². The van der Waals surface area contributed by atoms with Gasteiger partial charge < -0.3 is 19.3 Å². The van der Waals surface area contributed by atoms with Crippen LogP contribution in [0.1, 0.15) is 23.6 Å². The zero-order chi connectivity index (χ0) is 23.2. The Bertz CT molecular complexity index is 1190. The van der Waals surface area contributed by atoms with Crippen molar-refractivity contribution < 1.29 is 9.47 Å². The number of rotatable bonds is 8. The Hall–Kier alpha value is -3.92. The van der Waals surface area contributed by atoms with Crippen molar-refractivity contribution in [2.45, 2.75) is 19.9 Å². The van der Waals surface area contributed by atoms with Crippen molar-refractivity contribution in [3.05, 3.63) is 120 Å². The van der Waals surface area contributed by atoms with Crippen LogP contribution in [-0.2, 0) is 13.0 Å². The lowest BCUT2D eigenvalue weighted by molar-refractivity contribution is 0.289. The highest BCUT2D eigenvalue weighted by Crippen LogP contribution is 2.28. The number of ether oxygens (including phenoxy) is 2. The summed E-state index contributed by atoms with van der Waals surface area (Å²) in [5, 5.41) is 0. The van der Waals surface area contributed by atoms with Crippen LogP contribution in [0.5, 0.6) is 11.5 Å². The van der Waals surface area contributed by atoms with E-state index in [9.17, 15) is 0 Å². The summed E-state index contributed by atoms with van der Waals surface area (Å²) < 4.78 is 11.8. The summed E-state index contributed by atoms with van der Waals surface area (Å²) >= 11 is 0. The molecule has 0 N–H and O–H groups in total. The Labute approximate surface area is 202 Å². The Balaban J connectivity index is 1.18. The monoisotopic (exact) mass is 450 g/mol. The zero-order valence-corrected chi connectivity index (χ0v) is 19.6. The minimum Gasteiger partial charge on any atom is -0.473 e. The van der Waals surface area contributed by atoms with Crippen LogP contribution in [0.15, 0.2) is 103 Å². The van der Waals surface area contributed by atoms with Gasteiger partial charge in [0.2, 0.25) is 0 Å². The molecule has 0 radical (unpaired) electrons. The van der Waals surface area contributed by atoms with Gasteiger partial charge in [-0.05, 0) is 66.9 Å². The summed E-state index contributed by atoms with van der Waals surface area (Å²) in [5.74, 6) is 1.88. The fourth-order valence-electron chi connectivity index (χ4n) is 4.24. The molecule has 4 aromatic carbocycles. The molecule has 0 saturated heterocycles. The molecule has 172 valence electrons. The van der Waals surface area contributed by atoms with Gasteiger partial charge in [-0.25, -0.2) is 0 Å². The van der Waals surface area contributed by atoms with E-state index < -0.39 is 0 Å². The van der Waals surface area contributed by atoms with E-state index in [2.05, 4.69) is 77.4 Å². The van der Waals surface area contributed by atoms with Crippen molar-refractivity contribution >= 4 is 11.4 Å². The Kier molecular flexibility index (Phi) is 6.66. The fraction of sp³-hybridized carbons (Fsp3) is 0.200. The summed E-state index contributed by atoms with van der Waals surface area (Å²) in [5.41, 5.74) is 6.18. The summed E-state index contributed by atoms with van der Waals surface area (Å²) in [6, 6.07) is 35.8. The Morgan fingerprint density at radius 2 is 1.47 bits per heavy atom. The minimum absolute atomic E-state index is 0.534. The molecular formula is C30H30N2O2. The minimum atomic E-state index is 0.534. The molecule has 0 spiro atoms. The van der Waals surface area contributed by atoms with E-state index in [1.54, 1.807) is 0 Å². The molecule has 0 atom stereocenters. The molecule has 0 bridgehead atoms. The smallest absolute Gasteiger partial charge is 0.161 e. The van der Waals surface area contributed by atoms with Crippen LogP contribution in [0.2, 0.25) is 0 Å². The molecular weight excluding hydrogens is 420 g/mol. The number of hydrogen-bond acceptors (Lipinski definition) is 4. The van der Waals surface area contributed by atoms with Crippen LogP contribution in [0.4, 0.5) is 11.4 Å². The van der Waals surface area contributed by atoms with E-state index in [1.807, 2.05) is 42.5 Å². The Morgan fingerprint density at radius 3 is 2.21 bits per heavy atom. The largest absolute Gasteiger partial charge is 0.473 e. The molecule has 1 aliphatic heterocycles. The first-order valence-electron chi connectivity index (χ1n) is 11.8. The van der Waals surface area contributed by atoms with Crippen molar-refractivity contribution in [3.63, 3.8) is 0 Å². The van der Waals surface area contributed by atoms with Crippen molar-refractivity contribution in [1.29, 1.82) is 0 Å². The third-order valence-corrected chi connectivity index (χ3v) is 6.23. The molecule has 1 heterocycles. The van der Waals surface area contributed by atoms with Crippen LogP contribution in [-0.4, -0.2) is 20.0 Å². The normalized spacial score (nSPS) is 12.6. The molecule has 0 unspecified atom stereocenters. The first kappa shape index (κ1) is 21.9. The second-order valence-corrected chi connectivity index (χ2v) is 8.53. The van der Waals surface area contributed by atoms with E-state index in [1.165, 1.54) is 28.1 Å². The average molecular weight is 451 g/mol. The average Bonchev–Trinajstić information content (AvgIpc) is 2.91. The molecule has 5 rings (SSSR count). The summed E-state index contributed by atoms with van der Waals surface area (Å²) in [4.78, 5) is 4.49. The van der Waals surface area contributed by atoms with Crippen molar-refractivity contribution in [1.82, 2.24) is 0 Å². The fourth-order valence-corrected chi connectivity index (χ4v) is 4.24. The second kappa shape index (κ2) is 10.3. The third kappa shape index (κ3) is 5.18. The van der Waals surface area contributed by atoms with Gasteiger partial charge in [-0.3, -0.25) is 0 Å². The third-order valence-electron chi connectivity index (χ3n) is 6.23. The number of benzene rings is 4. The number of anilines is 2. The van der Waals surface area contributed by atoms with Gasteiger partial charge in [0, 0.05) is 30.0 Å². The SMILES string of the molecule is CCN(COc1ccccc1)c1ccc(Cc2ccc(N3COc4ccccc4C3)cc2)cc1.